The molecule has 0 amide bonds. The average Bonchev–Trinajstić information content (AvgIpc) is 2.42. The van der Waals surface area contributed by atoms with E-state index in [2.05, 4.69) is 18.6 Å². The number of aliphatic hydroxyl groups is 1. The van der Waals surface area contributed by atoms with Gasteiger partial charge >= 0.3 is 0 Å². The van der Waals surface area contributed by atoms with Gasteiger partial charge in [0, 0.05) is 13.2 Å². The summed E-state index contributed by atoms with van der Waals surface area (Å²) < 4.78 is 31.9. The van der Waals surface area contributed by atoms with Gasteiger partial charge in [0.05, 0.1) is 17.6 Å². The molecule has 1 aromatic rings. The fourth-order valence-electron chi connectivity index (χ4n) is 1.68. The van der Waals surface area contributed by atoms with E-state index in [9.17, 15) is 13.5 Å². The van der Waals surface area contributed by atoms with E-state index in [1.807, 2.05) is 0 Å². The maximum absolute atomic E-state index is 12.0. The van der Waals surface area contributed by atoms with Gasteiger partial charge in [0.1, 0.15) is 0 Å². The lowest BCUT2D eigenvalue weighted by molar-refractivity contribution is 0.128. The maximum atomic E-state index is 12.0. The van der Waals surface area contributed by atoms with Crippen LogP contribution in [0.25, 0.3) is 0 Å². The Balaban J connectivity index is 2.43. The van der Waals surface area contributed by atoms with Gasteiger partial charge in [-0.1, -0.05) is 26.0 Å². The third-order valence-electron chi connectivity index (χ3n) is 3.05. The number of benzene rings is 1. The largest absolute Gasteiger partial charge is 0.389 e. The van der Waals surface area contributed by atoms with E-state index in [0.717, 1.165) is 6.42 Å². The molecule has 0 radical (unpaired) electrons. The summed E-state index contributed by atoms with van der Waals surface area (Å²) in [5, 5.41) is 9.40. The molecule has 0 aliphatic carbocycles. The second-order valence-electron chi connectivity index (χ2n) is 5.44. The topological polar surface area (TPSA) is 75.6 Å². The lowest BCUT2D eigenvalue weighted by Crippen LogP contribution is -2.27. The number of rotatable bonds is 9. The zero-order chi connectivity index (χ0) is 15.9. The van der Waals surface area contributed by atoms with Crippen LogP contribution in [-0.4, -0.2) is 33.3 Å². The fraction of sp³-hybridized carbons (Fsp3) is 0.600. The summed E-state index contributed by atoms with van der Waals surface area (Å²) in [6, 6.07) is 6.20. The van der Waals surface area contributed by atoms with Crippen LogP contribution in [-0.2, 0) is 14.8 Å². The van der Waals surface area contributed by atoms with Crippen LogP contribution in [0.15, 0.2) is 29.2 Å². The Hall–Kier alpha value is -0.950. The number of aliphatic hydroxyl groups excluding tert-OH is 1. The second-order valence-corrected chi connectivity index (χ2v) is 7.20. The van der Waals surface area contributed by atoms with Gasteiger partial charge < -0.3 is 9.84 Å². The first-order valence-electron chi connectivity index (χ1n) is 7.18. The van der Waals surface area contributed by atoms with Crippen LogP contribution >= 0.6 is 0 Å². The number of nitrogens with one attached hydrogen (secondary N) is 1. The predicted molar refractivity (Wildman–Crippen MR) is 82.5 cm³/mol. The lowest BCUT2D eigenvalue weighted by atomic mass is 10.1. The molecular formula is C15H25NO4S. The number of sulfonamides is 1. The molecule has 0 heterocycles. The Morgan fingerprint density at radius 3 is 2.29 bits per heavy atom. The highest BCUT2D eigenvalue weighted by atomic mass is 32.2. The molecule has 0 saturated heterocycles. The summed E-state index contributed by atoms with van der Waals surface area (Å²) in [5.74, 6) is 0.578. The van der Waals surface area contributed by atoms with Gasteiger partial charge in [0.15, 0.2) is 0 Å². The van der Waals surface area contributed by atoms with Crippen LogP contribution in [0.5, 0.6) is 0 Å². The molecule has 6 heteroatoms. The van der Waals surface area contributed by atoms with Crippen molar-refractivity contribution in [2.24, 2.45) is 5.92 Å². The van der Waals surface area contributed by atoms with Crippen molar-refractivity contribution in [3.8, 4) is 0 Å². The van der Waals surface area contributed by atoms with Crippen LogP contribution in [0, 0.1) is 5.92 Å². The minimum Gasteiger partial charge on any atom is -0.389 e. The van der Waals surface area contributed by atoms with Gasteiger partial charge in [-0.05, 0) is 37.0 Å². The molecule has 0 aliphatic heterocycles. The number of hydrogen-bond donors (Lipinski definition) is 2. The summed E-state index contributed by atoms with van der Waals surface area (Å²) in [6.45, 7) is 7.11. The summed E-state index contributed by atoms with van der Waals surface area (Å²) >= 11 is 0. The normalized spacial score (nSPS) is 13.6. The minimum atomic E-state index is -3.52. The zero-order valence-corrected chi connectivity index (χ0v) is 13.7. The molecular weight excluding hydrogens is 290 g/mol. The first-order valence-corrected chi connectivity index (χ1v) is 8.66. The minimum absolute atomic E-state index is 0.189. The van der Waals surface area contributed by atoms with Crippen molar-refractivity contribution in [3.63, 3.8) is 0 Å². The fourth-order valence-corrected chi connectivity index (χ4v) is 2.69. The molecule has 120 valence electrons. The smallest absolute Gasteiger partial charge is 0.240 e. The van der Waals surface area contributed by atoms with Crippen molar-refractivity contribution in [1.82, 2.24) is 4.72 Å². The van der Waals surface area contributed by atoms with Crippen LogP contribution in [0.1, 0.15) is 38.9 Å². The van der Waals surface area contributed by atoms with E-state index in [4.69, 9.17) is 4.74 Å². The van der Waals surface area contributed by atoms with Gasteiger partial charge in [0.25, 0.3) is 0 Å². The summed E-state index contributed by atoms with van der Waals surface area (Å²) in [6.07, 6.45) is 0.358. The molecule has 0 fully saturated rings. The molecule has 0 saturated carbocycles. The van der Waals surface area contributed by atoms with Gasteiger partial charge in [0.2, 0.25) is 10.0 Å². The molecule has 0 aliphatic rings. The molecule has 1 aromatic carbocycles. The molecule has 2 N–H and O–H groups in total. The molecule has 1 unspecified atom stereocenters. The molecule has 1 rings (SSSR count). The monoisotopic (exact) mass is 315 g/mol. The van der Waals surface area contributed by atoms with E-state index >= 15 is 0 Å². The first kappa shape index (κ1) is 18.1. The highest BCUT2D eigenvalue weighted by Gasteiger charge is 2.13. The molecule has 0 spiro atoms. The van der Waals surface area contributed by atoms with E-state index in [0.29, 0.717) is 24.7 Å². The van der Waals surface area contributed by atoms with Crippen molar-refractivity contribution >= 4 is 10.0 Å². The van der Waals surface area contributed by atoms with Crippen LogP contribution in [0.3, 0.4) is 0 Å². The van der Waals surface area contributed by atoms with Crippen LogP contribution in [0.2, 0.25) is 0 Å². The molecule has 1 atom stereocenters. The SMILES string of the molecule is CC(C)CCOCCNS(=O)(=O)c1ccc(C(C)O)cc1. The van der Waals surface area contributed by atoms with Crippen molar-refractivity contribution < 1.29 is 18.3 Å². The second kappa shape index (κ2) is 8.48. The van der Waals surface area contributed by atoms with E-state index in [1.165, 1.54) is 12.1 Å². The van der Waals surface area contributed by atoms with Gasteiger partial charge in [-0.15, -0.1) is 0 Å². The van der Waals surface area contributed by atoms with Crippen molar-refractivity contribution in [2.45, 2.75) is 38.2 Å². The van der Waals surface area contributed by atoms with Crippen molar-refractivity contribution in [3.05, 3.63) is 29.8 Å². The Kier molecular flexibility index (Phi) is 7.31. The third-order valence-corrected chi connectivity index (χ3v) is 4.53. The van der Waals surface area contributed by atoms with Gasteiger partial charge in [-0.3, -0.25) is 0 Å². The molecule has 0 aromatic heterocycles. The third kappa shape index (κ3) is 6.56. The lowest BCUT2D eigenvalue weighted by Gasteiger charge is -2.10. The number of hydrogen-bond acceptors (Lipinski definition) is 4. The Morgan fingerprint density at radius 2 is 1.76 bits per heavy atom. The van der Waals surface area contributed by atoms with E-state index in [-0.39, 0.29) is 11.4 Å². The highest BCUT2D eigenvalue weighted by molar-refractivity contribution is 7.89. The van der Waals surface area contributed by atoms with Gasteiger partial charge in [-0.2, -0.15) is 0 Å². The summed E-state index contributed by atoms with van der Waals surface area (Å²) in [5.41, 5.74) is 0.686. The van der Waals surface area contributed by atoms with Crippen LogP contribution < -0.4 is 4.72 Å². The van der Waals surface area contributed by atoms with E-state index < -0.39 is 16.1 Å². The van der Waals surface area contributed by atoms with Gasteiger partial charge in [-0.25, -0.2) is 13.1 Å². The molecule has 21 heavy (non-hydrogen) atoms. The Labute approximate surface area is 127 Å². The quantitative estimate of drug-likeness (QED) is 0.684. The average molecular weight is 315 g/mol. The zero-order valence-electron chi connectivity index (χ0n) is 12.9. The standard InChI is InChI=1S/C15H25NO4S/c1-12(2)8-10-20-11-9-16-21(18,19)15-6-4-14(5-7-15)13(3)17/h4-7,12-13,16-17H,8-11H2,1-3H3. The summed E-state index contributed by atoms with van der Waals surface area (Å²) in [7, 11) is -3.52. The van der Waals surface area contributed by atoms with Crippen molar-refractivity contribution in [1.29, 1.82) is 0 Å². The maximum Gasteiger partial charge on any atom is 0.240 e. The Bertz CT molecular complexity index is 509. The highest BCUT2D eigenvalue weighted by Crippen LogP contribution is 2.15. The molecule has 0 bridgehead atoms. The predicted octanol–water partition coefficient (Wildman–Crippen LogP) is 2.08. The van der Waals surface area contributed by atoms with E-state index in [1.54, 1.807) is 19.1 Å². The Morgan fingerprint density at radius 1 is 1.14 bits per heavy atom. The van der Waals surface area contributed by atoms with Crippen molar-refractivity contribution in [2.75, 3.05) is 19.8 Å². The number of ether oxygens (including phenoxy) is 1. The summed E-state index contributed by atoms with van der Waals surface area (Å²) in [4.78, 5) is 0.189. The molecule has 5 nitrogen and oxygen atoms in total. The van der Waals surface area contributed by atoms with Crippen LogP contribution in [0.4, 0.5) is 0 Å². The first-order chi connectivity index (χ1) is 9.83.